The molecule has 320 valence electrons. The third kappa shape index (κ3) is 5.63. The van der Waals surface area contributed by atoms with Crippen LogP contribution in [0.4, 0.5) is 17.1 Å². The van der Waals surface area contributed by atoms with Crippen LogP contribution >= 0.6 is 0 Å². The van der Waals surface area contributed by atoms with Crippen LogP contribution in [-0.2, 0) is 5.41 Å². The zero-order valence-corrected chi connectivity index (χ0v) is 36.7. The number of fused-ring (bicyclic) bond motifs is 11. The Morgan fingerprint density at radius 3 is 1.63 bits per heavy atom. The summed E-state index contributed by atoms with van der Waals surface area (Å²) in [6.45, 7) is 0. The van der Waals surface area contributed by atoms with Crippen LogP contribution in [0.3, 0.4) is 0 Å². The van der Waals surface area contributed by atoms with Crippen molar-refractivity contribution in [1.29, 1.82) is 0 Å². The van der Waals surface area contributed by atoms with E-state index in [0.29, 0.717) is 23.0 Å². The van der Waals surface area contributed by atoms with Gasteiger partial charge in [0.05, 0.1) is 27.5 Å². The normalized spacial score (nSPS) is 13.3. The molecule has 0 N–H and O–H groups in total. The Balaban J connectivity index is 1.11. The highest BCUT2D eigenvalue weighted by Crippen LogP contribution is 2.56. The first-order chi connectivity index (χ1) is 33.7. The Morgan fingerprint density at radius 1 is 0.397 bits per heavy atom. The number of aromatic nitrogens is 1. The number of hydrogen-bond donors (Lipinski definition) is 0. The van der Waals surface area contributed by atoms with Gasteiger partial charge in [-0.3, -0.25) is 0 Å². The Labute approximate surface area is 392 Å². The second-order valence-electron chi connectivity index (χ2n) is 17.6. The molecule has 10 aromatic carbocycles. The molecular formula is C63H40N2O3. The lowest BCUT2D eigenvalue weighted by Gasteiger charge is -2.39. The number of rotatable bonds is 6. The van der Waals surface area contributed by atoms with E-state index in [9.17, 15) is 0 Å². The van der Waals surface area contributed by atoms with Gasteiger partial charge in [-0.05, 0) is 113 Å². The van der Waals surface area contributed by atoms with Crippen molar-refractivity contribution in [3.8, 4) is 28.7 Å². The van der Waals surface area contributed by atoms with Crippen LogP contribution in [0.5, 0.6) is 23.0 Å². The molecular weight excluding hydrogens is 833 g/mol. The molecule has 3 heterocycles. The molecule has 12 aromatic rings. The van der Waals surface area contributed by atoms with Gasteiger partial charge in [0.25, 0.3) is 0 Å². The van der Waals surface area contributed by atoms with E-state index < -0.39 is 5.41 Å². The second-order valence-corrected chi connectivity index (χ2v) is 17.6. The summed E-state index contributed by atoms with van der Waals surface area (Å²) in [6.07, 6.45) is 4.48. The van der Waals surface area contributed by atoms with Crippen molar-refractivity contribution in [2.45, 2.75) is 5.41 Å². The molecule has 2 aliphatic rings. The maximum Gasteiger partial charge on any atom is 0.170 e. The molecule has 1 aliphatic heterocycles. The van der Waals surface area contributed by atoms with Gasteiger partial charge < -0.3 is 23.4 Å². The number of anilines is 3. The van der Waals surface area contributed by atoms with Crippen molar-refractivity contribution in [2.75, 3.05) is 4.90 Å². The number of hydrogen-bond acceptors (Lipinski definition) is 4. The minimum absolute atomic E-state index is 0.666. The van der Waals surface area contributed by atoms with Gasteiger partial charge in [-0.25, -0.2) is 0 Å². The van der Waals surface area contributed by atoms with E-state index in [0.717, 1.165) is 99.9 Å². The average molecular weight is 873 g/mol. The van der Waals surface area contributed by atoms with Crippen LogP contribution in [-0.4, -0.2) is 4.57 Å². The minimum atomic E-state index is -0.869. The fourth-order valence-electron chi connectivity index (χ4n) is 11.0. The van der Waals surface area contributed by atoms with Crippen LogP contribution in [0.15, 0.2) is 235 Å². The number of nitrogens with zero attached hydrogens (tertiary/aromatic N) is 2. The molecule has 0 saturated carbocycles. The SMILES string of the molecule is C1=Cc2c(cc(-n3c4ccccc4c4cc(N(c5ccccc5)c5ccccc5)ccc43)c3c2oc2ccccc23)C(c2ccccc2)(c2ccccc2)c2cc3c(cc21)Oc1ccccc1O3. The van der Waals surface area contributed by atoms with Gasteiger partial charge in [0.1, 0.15) is 11.2 Å². The maximum absolute atomic E-state index is 7.20. The number of furan rings is 1. The van der Waals surface area contributed by atoms with Crippen LogP contribution in [0.25, 0.3) is 61.6 Å². The van der Waals surface area contributed by atoms with E-state index in [2.05, 4.69) is 228 Å². The van der Waals surface area contributed by atoms with Gasteiger partial charge in [-0.2, -0.15) is 0 Å². The van der Waals surface area contributed by atoms with E-state index in [1.807, 2.05) is 24.3 Å². The van der Waals surface area contributed by atoms with E-state index in [-0.39, 0.29) is 0 Å². The molecule has 0 amide bonds. The molecule has 0 atom stereocenters. The van der Waals surface area contributed by atoms with Gasteiger partial charge in [0, 0.05) is 38.8 Å². The van der Waals surface area contributed by atoms with E-state index in [1.54, 1.807) is 0 Å². The molecule has 0 spiro atoms. The Bertz CT molecular complexity index is 3890. The zero-order valence-electron chi connectivity index (χ0n) is 36.7. The second kappa shape index (κ2) is 15.0. The predicted molar refractivity (Wildman–Crippen MR) is 277 cm³/mol. The third-order valence-corrected chi connectivity index (χ3v) is 13.9. The van der Waals surface area contributed by atoms with Crippen molar-refractivity contribution >= 4 is 73.0 Å². The van der Waals surface area contributed by atoms with E-state index >= 15 is 0 Å². The lowest BCUT2D eigenvalue weighted by molar-refractivity contribution is 0.358. The summed E-state index contributed by atoms with van der Waals surface area (Å²) in [5.74, 6) is 2.72. The fourth-order valence-corrected chi connectivity index (χ4v) is 11.0. The van der Waals surface area contributed by atoms with E-state index in [4.69, 9.17) is 13.9 Å². The van der Waals surface area contributed by atoms with Crippen molar-refractivity contribution in [3.05, 3.63) is 264 Å². The summed E-state index contributed by atoms with van der Waals surface area (Å²) in [6, 6.07) is 81.8. The van der Waals surface area contributed by atoms with Crippen molar-refractivity contribution < 1.29 is 13.9 Å². The molecule has 0 bridgehead atoms. The van der Waals surface area contributed by atoms with Crippen LogP contribution < -0.4 is 14.4 Å². The molecule has 0 unspecified atom stereocenters. The first-order valence-corrected chi connectivity index (χ1v) is 23.1. The van der Waals surface area contributed by atoms with Crippen LogP contribution in [0.1, 0.15) is 33.4 Å². The van der Waals surface area contributed by atoms with E-state index in [1.165, 1.54) is 0 Å². The molecule has 68 heavy (non-hydrogen) atoms. The van der Waals surface area contributed by atoms with Crippen molar-refractivity contribution in [2.24, 2.45) is 0 Å². The van der Waals surface area contributed by atoms with Gasteiger partial charge in [-0.15, -0.1) is 0 Å². The average Bonchev–Trinajstić information content (AvgIpc) is 3.91. The highest BCUT2D eigenvalue weighted by Gasteiger charge is 2.45. The summed E-state index contributed by atoms with van der Waals surface area (Å²) in [7, 11) is 0. The Kier molecular flexibility index (Phi) is 8.43. The van der Waals surface area contributed by atoms with Crippen molar-refractivity contribution in [3.63, 3.8) is 0 Å². The zero-order chi connectivity index (χ0) is 44.8. The predicted octanol–water partition coefficient (Wildman–Crippen LogP) is 16.9. The molecule has 14 rings (SSSR count). The fraction of sp³-hybridized carbons (Fsp3) is 0.0159. The maximum atomic E-state index is 7.20. The molecule has 5 heteroatoms. The number of ether oxygens (including phenoxy) is 2. The Morgan fingerprint density at radius 2 is 0.956 bits per heavy atom. The molecule has 5 nitrogen and oxygen atoms in total. The summed E-state index contributed by atoms with van der Waals surface area (Å²) >= 11 is 0. The molecule has 0 radical (unpaired) electrons. The summed E-state index contributed by atoms with van der Waals surface area (Å²) in [5, 5.41) is 4.41. The monoisotopic (exact) mass is 872 g/mol. The molecule has 0 saturated heterocycles. The smallest absolute Gasteiger partial charge is 0.170 e. The summed E-state index contributed by atoms with van der Waals surface area (Å²) in [4.78, 5) is 2.33. The topological polar surface area (TPSA) is 39.8 Å². The third-order valence-electron chi connectivity index (χ3n) is 13.9. The molecule has 1 aliphatic carbocycles. The molecule has 2 aromatic heterocycles. The largest absolute Gasteiger partial charge is 0.455 e. The quantitative estimate of drug-likeness (QED) is 0.167. The first kappa shape index (κ1) is 38.2. The molecule has 0 fully saturated rings. The van der Waals surface area contributed by atoms with Gasteiger partial charge in [0.2, 0.25) is 0 Å². The minimum Gasteiger partial charge on any atom is -0.455 e. The lowest BCUT2D eigenvalue weighted by atomic mass is 9.63. The van der Waals surface area contributed by atoms with Crippen LogP contribution in [0, 0.1) is 0 Å². The number of benzene rings is 10. The number of para-hydroxylation sites is 6. The van der Waals surface area contributed by atoms with Crippen LogP contribution in [0.2, 0.25) is 0 Å². The lowest BCUT2D eigenvalue weighted by Crippen LogP contribution is -2.32. The standard InChI is InChI=1S/C63H40N2O3/c1-5-19-42(20-6-1)63(43-21-7-2-8-22-43)51-40-60-59(66-57-31-17-18-32-58(57)67-60)37-41(51)33-35-48-52(63)39-55(61-49-28-14-16-30-56(49)68-62(48)61)65-53-29-15-13-27-47(53)50-38-46(34-36-54(50)65)64(44-23-9-3-10-24-44)45-25-11-4-12-26-45/h1-40H. The first-order valence-electron chi connectivity index (χ1n) is 23.1. The highest BCUT2D eigenvalue weighted by molar-refractivity contribution is 6.17. The summed E-state index contributed by atoms with van der Waals surface area (Å²) < 4.78 is 23.0. The highest BCUT2D eigenvalue weighted by atomic mass is 16.6. The van der Waals surface area contributed by atoms with Gasteiger partial charge in [0.15, 0.2) is 23.0 Å². The van der Waals surface area contributed by atoms with Gasteiger partial charge >= 0.3 is 0 Å². The summed E-state index contributed by atoms with van der Waals surface area (Å²) in [5.41, 5.74) is 13.7. The van der Waals surface area contributed by atoms with Crippen molar-refractivity contribution in [1.82, 2.24) is 4.57 Å². The Hall–Kier alpha value is -9.06. The van der Waals surface area contributed by atoms with Gasteiger partial charge in [-0.1, -0.05) is 158 Å².